The fourth-order valence-electron chi connectivity index (χ4n) is 2.65. The highest BCUT2D eigenvalue weighted by atomic mass is 32.2. The van der Waals surface area contributed by atoms with Gasteiger partial charge >= 0.3 is 5.97 Å². The number of nitrogens with one attached hydrogen (secondary N) is 3. The van der Waals surface area contributed by atoms with Crippen LogP contribution in [-0.2, 0) is 19.2 Å². The van der Waals surface area contributed by atoms with Crippen molar-refractivity contribution in [1.82, 2.24) is 16.0 Å². The second-order valence-electron chi connectivity index (χ2n) is 7.70. The van der Waals surface area contributed by atoms with E-state index in [1.807, 2.05) is 27.0 Å². The molecule has 9 nitrogen and oxygen atoms in total. The number of carboxylic acid groups (broad SMARTS) is 1. The number of carbonyl (C=O) groups is 4. The first-order chi connectivity index (χ1) is 14.0. The molecule has 6 N–H and O–H groups in total. The van der Waals surface area contributed by atoms with E-state index in [0.29, 0.717) is 19.3 Å². The summed E-state index contributed by atoms with van der Waals surface area (Å²) in [5.74, 6) is -2.31. The Morgan fingerprint density at radius 3 is 1.70 bits per heavy atom. The van der Waals surface area contributed by atoms with E-state index in [1.165, 1.54) is 6.92 Å². The summed E-state index contributed by atoms with van der Waals surface area (Å²) >= 11 is 1.58. The van der Waals surface area contributed by atoms with E-state index in [1.54, 1.807) is 18.7 Å². The van der Waals surface area contributed by atoms with E-state index in [0.717, 1.165) is 5.75 Å². The predicted octanol–water partition coefficient (Wildman–Crippen LogP) is 0.718. The Bertz CT molecular complexity index is 590. The van der Waals surface area contributed by atoms with Gasteiger partial charge in [-0.15, -0.1) is 0 Å². The highest BCUT2D eigenvalue weighted by molar-refractivity contribution is 7.98. The molecular weight excluding hydrogens is 408 g/mol. The van der Waals surface area contributed by atoms with E-state index in [-0.39, 0.29) is 11.8 Å². The smallest absolute Gasteiger partial charge is 0.325 e. The molecule has 3 amide bonds. The molecule has 10 heteroatoms. The molecule has 174 valence electrons. The number of rotatable bonds is 14. The van der Waals surface area contributed by atoms with Crippen molar-refractivity contribution in [2.75, 3.05) is 12.0 Å². The number of amides is 3. The van der Waals surface area contributed by atoms with Crippen LogP contribution in [-0.4, -0.2) is 65.0 Å². The molecule has 0 aromatic rings. The number of aliphatic carboxylic acids is 1. The minimum Gasteiger partial charge on any atom is -0.480 e. The molecule has 0 heterocycles. The van der Waals surface area contributed by atoms with Crippen molar-refractivity contribution < 1.29 is 24.3 Å². The van der Waals surface area contributed by atoms with Crippen molar-refractivity contribution in [2.24, 2.45) is 17.6 Å². The highest BCUT2D eigenvalue weighted by Gasteiger charge is 2.33. The Hall–Kier alpha value is -1.81. The maximum atomic E-state index is 13.0. The summed E-state index contributed by atoms with van der Waals surface area (Å²) in [4.78, 5) is 49.1. The lowest BCUT2D eigenvalue weighted by molar-refractivity contribution is -0.142. The molecule has 0 bridgehead atoms. The Morgan fingerprint density at radius 2 is 1.30 bits per heavy atom. The van der Waals surface area contributed by atoms with Gasteiger partial charge in [0.2, 0.25) is 17.7 Å². The molecular formula is C20H38N4O5S. The molecule has 30 heavy (non-hydrogen) atoms. The van der Waals surface area contributed by atoms with Gasteiger partial charge in [-0.3, -0.25) is 19.2 Å². The zero-order valence-corrected chi connectivity index (χ0v) is 19.7. The number of hydrogen-bond donors (Lipinski definition) is 5. The fraction of sp³-hybridized carbons (Fsp3) is 0.800. The molecule has 6 unspecified atom stereocenters. The molecule has 0 radical (unpaired) electrons. The Balaban J connectivity index is 5.40. The van der Waals surface area contributed by atoms with Crippen molar-refractivity contribution in [2.45, 2.75) is 78.0 Å². The van der Waals surface area contributed by atoms with Crippen LogP contribution < -0.4 is 21.7 Å². The Kier molecular flexibility index (Phi) is 13.4. The zero-order valence-electron chi connectivity index (χ0n) is 18.9. The van der Waals surface area contributed by atoms with Gasteiger partial charge < -0.3 is 26.8 Å². The number of hydrogen-bond acceptors (Lipinski definition) is 6. The van der Waals surface area contributed by atoms with E-state index in [9.17, 15) is 19.2 Å². The molecule has 0 aliphatic heterocycles. The average Bonchev–Trinajstić information content (AvgIpc) is 2.71. The molecule has 0 aliphatic rings. The Morgan fingerprint density at radius 1 is 0.867 bits per heavy atom. The van der Waals surface area contributed by atoms with Crippen LogP contribution in [0, 0.1) is 11.8 Å². The molecule has 0 aromatic heterocycles. The van der Waals surface area contributed by atoms with Crippen LogP contribution in [0.2, 0.25) is 0 Å². The van der Waals surface area contributed by atoms with Crippen molar-refractivity contribution >= 4 is 35.5 Å². The fourth-order valence-corrected chi connectivity index (χ4v) is 3.14. The molecule has 0 aromatic carbocycles. The molecule has 0 spiro atoms. The summed E-state index contributed by atoms with van der Waals surface area (Å²) in [5, 5.41) is 16.9. The number of thioether (sulfide) groups is 1. The first-order valence-electron chi connectivity index (χ1n) is 10.4. The molecule has 0 fully saturated rings. The highest BCUT2D eigenvalue weighted by Crippen LogP contribution is 2.13. The van der Waals surface area contributed by atoms with E-state index < -0.39 is 47.9 Å². The SMILES string of the molecule is CCC(C)C(NC(=O)C(N)CCSC)C(=O)NC(C(=O)NC(C)C(=O)O)C(C)CC. The monoisotopic (exact) mass is 446 g/mol. The first kappa shape index (κ1) is 28.2. The van der Waals surface area contributed by atoms with Crippen LogP contribution in [0.15, 0.2) is 0 Å². The summed E-state index contributed by atoms with van der Waals surface area (Å²) < 4.78 is 0. The van der Waals surface area contributed by atoms with Gasteiger partial charge in [0.15, 0.2) is 0 Å². The molecule has 0 saturated carbocycles. The normalized spacial score (nSPS) is 17.0. The van der Waals surface area contributed by atoms with Gasteiger partial charge in [-0.2, -0.15) is 11.8 Å². The first-order valence-corrected chi connectivity index (χ1v) is 11.8. The molecule has 0 rings (SSSR count). The van der Waals surface area contributed by atoms with Crippen LogP contribution in [0.5, 0.6) is 0 Å². The van der Waals surface area contributed by atoms with Crippen molar-refractivity contribution in [3.63, 3.8) is 0 Å². The number of carbonyl (C=O) groups excluding carboxylic acids is 3. The number of carboxylic acids is 1. The third-order valence-corrected chi connectivity index (χ3v) is 5.93. The van der Waals surface area contributed by atoms with E-state index in [4.69, 9.17) is 10.8 Å². The minimum absolute atomic E-state index is 0.180. The largest absolute Gasteiger partial charge is 0.480 e. The summed E-state index contributed by atoms with van der Waals surface area (Å²) in [6, 6.07) is -3.57. The molecule has 6 atom stereocenters. The van der Waals surface area contributed by atoms with Gasteiger partial charge in [0.1, 0.15) is 18.1 Å². The van der Waals surface area contributed by atoms with Crippen LogP contribution in [0.3, 0.4) is 0 Å². The topological polar surface area (TPSA) is 151 Å². The number of nitrogens with two attached hydrogens (primary N) is 1. The van der Waals surface area contributed by atoms with E-state index in [2.05, 4.69) is 16.0 Å². The van der Waals surface area contributed by atoms with Gasteiger partial charge in [0, 0.05) is 0 Å². The lowest BCUT2D eigenvalue weighted by Gasteiger charge is -2.29. The second kappa shape index (κ2) is 14.2. The van der Waals surface area contributed by atoms with Crippen LogP contribution in [0.1, 0.15) is 53.9 Å². The third-order valence-electron chi connectivity index (χ3n) is 5.29. The summed E-state index contributed by atoms with van der Waals surface area (Å²) in [5.41, 5.74) is 5.92. The van der Waals surface area contributed by atoms with E-state index >= 15 is 0 Å². The van der Waals surface area contributed by atoms with Crippen molar-refractivity contribution in [3.8, 4) is 0 Å². The predicted molar refractivity (Wildman–Crippen MR) is 119 cm³/mol. The standard InChI is InChI=1S/C20H38N4O5S/c1-7-11(3)15(18(26)22-13(5)20(28)29)24-19(27)16(12(4)8-2)23-17(25)14(21)9-10-30-6/h11-16H,7-10,21H2,1-6H3,(H,22,26)(H,23,25)(H,24,27)(H,28,29). The lowest BCUT2D eigenvalue weighted by Crippen LogP contribution is -2.59. The molecule has 0 aliphatic carbocycles. The average molecular weight is 447 g/mol. The van der Waals surface area contributed by atoms with Crippen LogP contribution in [0.25, 0.3) is 0 Å². The summed E-state index contributed by atoms with van der Waals surface area (Å²) in [7, 11) is 0. The lowest BCUT2D eigenvalue weighted by atomic mass is 9.94. The quantitative estimate of drug-likeness (QED) is 0.264. The van der Waals surface area contributed by atoms with Crippen LogP contribution >= 0.6 is 11.8 Å². The van der Waals surface area contributed by atoms with Crippen molar-refractivity contribution in [3.05, 3.63) is 0 Å². The third kappa shape index (κ3) is 9.34. The summed E-state index contributed by atoms with van der Waals surface area (Å²) in [6.07, 6.45) is 3.65. The summed E-state index contributed by atoms with van der Waals surface area (Å²) in [6.45, 7) is 8.76. The van der Waals surface area contributed by atoms with Crippen LogP contribution in [0.4, 0.5) is 0 Å². The van der Waals surface area contributed by atoms with Gasteiger partial charge in [-0.05, 0) is 37.2 Å². The molecule has 0 saturated heterocycles. The van der Waals surface area contributed by atoms with Gasteiger partial charge in [-0.1, -0.05) is 40.5 Å². The maximum Gasteiger partial charge on any atom is 0.325 e. The Labute approximate surface area is 183 Å². The van der Waals surface area contributed by atoms with Crippen molar-refractivity contribution in [1.29, 1.82) is 0 Å². The maximum absolute atomic E-state index is 13.0. The van der Waals surface area contributed by atoms with Gasteiger partial charge in [0.25, 0.3) is 0 Å². The minimum atomic E-state index is -1.17. The zero-order chi connectivity index (χ0) is 23.4. The second-order valence-corrected chi connectivity index (χ2v) is 8.69. The van der Waals surface area contributed by atoms with Gasteiger partial charge in [-0.25, -0.2) is 0 Å². The van der Waals surface area contributed by atoms with Gasteiger partial charge in [0.05, 0.1) is 6.04 Å².